The van der Waals surface area contributed by atoms with Crippen LogP contribution in [0, 0.1) is 0 Å². The van der Waals surface area contributed by atoms with Gasteiger partial charge in [-0.2, -0.15) is 0 Å². The van der Waals surface area contributed by atoms with Crippen molar-refractivity contribution in [3.05, 3.63) is 24.3 Å². The number of hydrogen-bond acceptors (Lipinski definition) is 5. The molecule has 5 nitrogen and oxygen atoms in total. The minimum atomic E-state index is -0.768. The Morgan fingerprint density at radius 3 is 1.33 bits per heavy atom. The Bertz CT molecular complexity index is 701. The fraction of sp³-hybridized carbons (Fsp3) is 0.854. The van der Waals surface area contributed by atoms with Gasteiger partial charge in [0.15, 0.2) is 6.10 Å². The molecule has 5 heteroatoms. The molecule has 0 fully saturated rings. The smallest absolute Gasteiger partial charge is 0.306 e. The fourth-order valence-corrected chi connectivity index (χ4v) is 5.70. The van der Waals surface area contributed by atoms with Gasteiger partial charge in [0.05, 0.1) is 6.61 Å². The second-order valence-corrected chi connectivity index (χ2v) is 13.4. The summed E-state index contributed by atoms with van der Waals surface area (Å²) in [5.41, 5.74) is 0. The number of ether oxygens (including phenoxy) is 2. The van der Waals surface area contributed by atoms with Crippen LogP contribution in [0.2, 0.25) is 0 Å². The van der Waals surface area contributed by atoms with E-state index in [0.29, 0.717) is 12.8 Å². The molecular formula is C41H76O5. The van der Waals surface area contributed by atoms with E-state index in [9.17, 15) is 14.7 Å². The molecule has 0 saturated heterocycles. The van der Waals surface area contributed by atoms with E-state index < -0.39 is 6.10 Å². The average Bonchev–Trinajstić information content (AvgIpc) is 3.06. The summed E-state index contributed by atoms with van der Waals surface area (Å²) in [5, 5.41) is 9.55. The van der Waals surface area contributed by atoms with Crippen LogP contribution in [0.15, 0.2) is 24.3 Å². The largest absolute Gasteiger partial charge is 0.462 e. The first kappa shape index (κ1) is 44.4. The number of carbonyl (C=O) groups is 2. The van der Waals surface area contributed by atoms with Crippen LogP contribution < -0.4 is 0 Å². The molecule has 0 radical (unpaired) electrons. The molecule has 0 spiro atoms. The molecule has 0 bridgehead atoms. The predicted molar refractivity (Wildman–Crippen MR) is 196 cm³/mol. The van der Waals surface area contributed by atoms with E-state index in [1.165, 1.54) is 135 Å². The second-order valence-electron chi connectivity index (χ2n) is 13.4. The van der Waals surface area contributed by atoms with Gasteiger partial charge < -0.3 is 14.6 Å². The molecule has 0 aliphatic carbocycles. The molecule has 0 saturated carbocycles. The average molecular weight is 649 g/mol. The van der Waals surface area contributed by atoms with Crippen LogP contribution >= 0.6 is 0 Å². The van der Waals surface area contributed by atoms with Crippen LogP contribution in [0.4, 0.5) is 0 Å². The number of rotatable bonds is 36. The highest BCUT2D eigenvalue weighted by molar-refractivity contribution is 5.70. The third-order valence-electron chi connectivity index (χ3n) is 8.75. The summed E-state index contributed by atoms with van der Waals surface area (Å²) in [4.78, 5) is 24.2. The Labute approximate surface area is 285 Å². The first-order chi connectivity index (χ1) is 22.6. The van der Waals surface area contributed by atoms with Gasteiger partial charge in [-0.3, -0.25) is 9.59 Å². The van der Waals surface area contributed by atoms with Crippen molar-refractivity contribution in [1.82, 2.24) is 0 Å². The number of hydrogen-bond donors (Lipinski definition) is 1. The van der Waals surface area contributed by atoms with E-state index in [0.717, 1.165) is 44.9 Å². The molecular weight excluding hydrogens is 572 g/mol. The topological polar surface area (TPSA) is 72.8 Å². The van der Waals surface area contributed by atoms with Gasteiger partial charge in [0.1, 0.15) is 6.61 Å². The van der Waals surface area contributed by atoms with Crippen LogP contribution in [0.5, 0.6) is 0 Å². The van der Waals surface area contributed by atoms with E-state index in [2.05, 4.69) is 38.2 Å². The summed E-state index contributed by atoms with van der Waals surface area (Å²) in [6.07, 6.45) is 43.8. The van der Waals surface area contributed by atoms with Crippen LogP contribution in [0.25, 0.3) is 0 Å². The Kier molecular flexibility index (Phi) is 36.5. The van der Waals surface area contributed by atoms with E-state index in [-0.39, 0.29) is 25.2 Å². The lowest BCUT2D eigenvalue weighted by Gasteiger charge is -2.15. The number of allylic oxidation sites excluding steroid dienone is 4. The molecule has 270 valence electrons. The maximum atomic E-state index is 12.2. The quantitative estimate of drug-likeness (QED) is 0.0416. The molecule has 1 unspecified atom stereocenters. The van der Waals surface area contributed by atoms with Crippen molar-refractivity contribution in [1.29, 1.82) is 0 Å². The lowest BCUT2D eigenvalue weighted by Crippen LogP contribution is -2.28. The van der Waals surface area contributed by atoms with Gasteiger partial charge in [-0.15, -0.1) is 0 Å². The standard InChI is InChI=1S/C41H76O5/c1-3-5-7-9-11-13-15-17-18-19-20-21-22-24-26-28-30-32-34-36-41(44)46-39(37-42)38-45-40(43)35-33-31-29-27-25-23-16-14-12-10-8-6-4-2/h11,13,17-18,39,42H,3-10,12,14-16,19-38H2,1-2H3/b13-11-,18-17-. The van der Waals surface area contributed by atoms with E-state index in [1.54, 1.807) is 0 Å². The summed E-state index contributed by atoms with van der Waals surface area (Å²) in [5.74, 6) is -0.588. The highest BCUT2D eigenvalue weighted by Crippen LogP contribution is 2.14. The third-order valence-corrected chi connectivity index (χ3v) is 8.75. The minimum absolute atomic E-state index is 0.0632. The van der Waals surface area contributed by atoms with Gasteiger partial charge in [0.2, 0.25) is 0 Å². The normalized spacial score (nSPS) is 12.3. The summed E-state index contributed by atoms with van der Waals surface area (Å²) in [6.45, 7) is 4.12. The van der Waals surface area contributed by atoms with E-state index in [4.69, 9.17) is 9.47 Å². The number of esters is 2. The molecule has 0 heterocycles. The van der Waals surface area contributed by atoms with Gasteiger partial charge in [0.25, 0.3) is 0 Å². The van der Waals surface area contributed by atoms with Gasteiger partial charge in [0, 0.05) is 12.8 Å². The van der Waals surface area contributed by atoms with Crippen molar-refractivity contribution in [3.63, 3.8) is 0 Å². The molecule has 0 aliphatic rings. The Balaban J connectivity index is 3.53. The predicted octanol–water partition coefficient (Wildman–Crippen LogP) is 12.3. The molecule has 0 rings (SSSR count). The molecule has 0 aliphatic heterocycles. The molecule has 0 aromatic carbocycles. The van der Waals surface area contributed by atoms with Gasteiger partial charge in [-0.05, 0) is 44.9 Å². The monoisotopic (exact) mass is 649 g/mol. The highest BCUT2D eigenvalue weighted by atomic mass is 16.6. The highest BCUT2D eigenvalue weighted by Gasteiger charge is 2.16. The molecule has 1 atom stereocenters. The fourth-order valence-electron chi connectivity index (χ4n) is 5.70. The molecule has 0 aromatic rings. The Hall–Kier alpha value is -1.62. The number of carbonyl (C=O) groups excluding carboxylic acids is 2. The van der Waals surface area contributed by atoms with Crippen LogP contribution in [0.1, 0.15) is 206 Å². The maximum absolute atomic E-state index is 12.2. The van der Waals surface area contributed by atoms with Gasteiger partial charge >= 0.3 is 11.9 Å². The third kappa shape index (κ3) is 35.2. The van der Waals surface area contributed by atoms with Gasteiger partial charge in [-0.25, -0.2) is 0 Å². The summed E-state index contributed by atoms with van der Waals surface area (Å²) in [7, 11) is 0. The van der Waals surface area contributed by atoms with Gasteiger partial charge in [-0.1, -0.05) is 173 Å². The van der Waals surface area contributed by atoms with Crippen molar-refractivity contribution >= 4 is 11.9 Å². The van der Waals surface area contributed by atoms with E-state index in [1.807, 2.05) is 0 Å². The maximum Gasteiger partial charge on any atom is 0.306 e. The summed E-state index contributed by atoms with van der Waals surface area (Å²) in [6, 6.07) is 0. The second kappa shape index (κ2) is 37.8. The molecule has 46 heavy (non-hydrogen) atoms. The molecule has 0 aromatic heterocycles. The van der Waals surface area contributed by atoms with Crippen molar-refractivity contribution in [3.8, 4) is 0 Å². The zero-order valence-electron chi connectivity index (χ0n) is 30.6. The van der Waals surface area contributed by atoms with Crippen molar-refractivity contribution < 1.29 is 24.2 Å². The lowest BCUT2D eigenvalue weighted by atomic mass is 10.0. The first-order valence-corrected chi connectivity index (χ1v) is 19.9. The first-order valence-electron chi connectivity index (χ1n) is 19.9. The molecule has 1 N–H and O–H groups in total. The zero-order valence-corrected chi connectivity index (χ0v) is 30.6. The number of aliphatic hydroxyl groups excluding tert-OH is 1. The lowest BCUT2D eigenvalue weighted by molar-refractivity contribution is -0.161. The van der Waals surface area contributed by atoms with Crippen molar-refractivity contribution in [2.45, 2.75) is 213 Å². The van der Waals surface area contributed by atoms with Crippen molar-refractivity contribution in [2.75, 3.05) is 13.2 Å². The van der Waals surface area contributed by atoms with Crippen LogP contribution in [0.3, 0.4) is 0 Å². The summed E-state index contributed by atoms with van der Waals surface area (Å²) < 4.78 is 10.6. The zero-order chi connectivity index (χ0) is 33.6. The number of unbranched alkanes of at least 4 members (excludes halogenated alkanes) is 24. The molecule has 0 amide bonds. The van der Waals surface area contributed by atoms with Crippen molar-refractivity contribution in [2.24, 2.45) is 0 Å². The summed E-state index contributed by atoms with van der Waals surface area (Å²) >= 11 is 0. The van der Waals surface area contributed by atoms with E-state index >= 15 is 0 Å². The number of aliphatic hydroxyl groups is 1. The SMILES string of the molecule is CCCCC/C=C\C/C=C\CCCCCCCCCCCC(=O)OC(CO)COC(=O)CCCCCCCCCCCCCCC. The Morgan fingerprint density at radius 1 is 0.500 bits per heavy atom. The van der Waals surface area contributed by atoms with Crippen LogP contribution in [-0.4, -0.2) is 36.4 Å². The van der Waals surface area contributed by atoms with Crippen LogP contribution in [-0.2, 0) is 19.1 Å². The minimum Gasteiger partial charge on any atom is -0.462 e. The Morgan fingerprint density at radius 2 is 0.870 bits per heavy atom.